The lowest BCUT2D eigenvalue weighted by Gasteiger charge is -2.10. The van der Waals surface area contributed by atoms with Crippen LogP contribution in [0.5, 0.6) is 5.88 Å². The summed E-state index contributed by atoms with van der Waals surface area (Å²) >= 11 is 3.28. The quantitative estimate of drug-likeness (QED) is 0.621. The molecular formula is C13H16BrN5O3. The summed E-state index contributed by atoms with van der Waals surface area (Å²) in [5.74, 6) is 0.636. The van der Waals surface area contributed by atoms with Crippen LogP contribution in [0.15, 0.2) is 16.9 Å². The number of nitrogens with one attached hydrogen (secondary N) is 1. The van der Waals surface area contributed by atoms with Crippen LogP contribution in [0.25, 0.3) is 0 Å². The van der Waals surface area contributed by atoms with Crippen molar-refractivity contribution in [3.8, 4) is 5.88 Å². The number of rotatable bonds is 6. The van der Waals surface area contributed by atoms with Gasteiger partial charge in [-0.25, -0.2) is 4.68 Å². The first-order chi connectivity index (χ1) is 10.5. The van der Waals surface area contributed by atoms with E-state index in [9.17, 15) is 10.1 Å². The number of nitrogens with zero attached hydrogens (tertiary/aromatic N) is 4. The first-order valence-electron chi connectivity index (χ1n) is 6.60. The number of aromatic nitrogens is 3. The number of anilines is 1. The molecule has 0 aliphatic heterocycles. The highest BCUT2D eigenvalue weighted by atomic mass is 79.9. The van der Waals surface area contributed by atoms with E-state index in [1.54, 1.807) is 18.8 Å². The van der Waals surface area contributed by atoms with Crippen molar-refractivity contribution in [1.82, 2.24) is 14.8 Å². The minimum Gasteiger partial charge on any atom is -0.481 e. The second-order valence-electron chi connectivity index (χ2n) is 4.54. The van der Waals surface area contributed by atoms with E-state index < -0.39 is 4.92 Å². The van der Waals surface area contributed by atoms with Crippen LogP contribution >= 0.6 is 15.9 Å². The maximum atomic E-state index is 11.1. The van der Waals surface area contributed by atoms with E-state index in [0.717, 1.165) is 17.7 Å². The molecule has 22 heavy (non-hydrogen) atoms. The summed E-state index contributed by atoms with van der Waals surface area (Å²) in [5.41, 5.74) is 2.06. The summed E-state index contributed by atoms with van der Waals surface area (Å²) in [6.45, 7) is 2.36. The van der Waals surface area contributed by atoms with Crippen molar-refractivity contribution in [2.45, 2.75) is 19.9 Å². The van der Waals surface area contributed by atoms with Crippen molar-refractivity contribution in [3.63, 3.8) is 0 Å². The summed E-state index contributed by atoms with van der Waals surface area (Å²) in [6, 6.07) is 0. The Hall–Kier alpha value is -2.16. The van der Waals surface area contributed by atoms with E-state index in [1.165, 1.54) is 12.4 Å². The molecule has 0 unspecified atom stereocenters. The zero-order valence-corrected chi connectivity index (χ0v) is 14.0. The smallest absolute Gasteiger partial charge is 0.311 e. The number of hydrogen-bond acceptors (Lipinski definition) is 6. The molecule has 0 amide bonds. The molecule has 2 heterocycles. The largest absolute Gasteiger partial charge is 0.481 e. The van der Waals surface area contributed by atoms with E-state index in [0.29, 0.717) is 22.6 Å². The molecule has 0 aliphatic rings. The topological polar surface area (TPSA) is 95.1 Å². The Bertz CT molecular complexity index is 701. The molecule has 2 aromatic rings. The van der Waals surface area contributed by atoms with Crippen molar-refractivity contribution in [1.29, 1.82) is 0 Å². The van der Waals surface area contributed by atoms with Crippen molar-refractivity contribution in [2.75, 3.05) is 12.4 Å². The minimum absolute atomic E-state index is 0.0877. The third-order valence-electron chi connectivity index (χ3n) is 3.22. The van der Waals surface area contributed by atoms with Crippen LogP contribution in [0, 0.1) is 10.1 Å². The molecule has 9 heteroatoms. The van der Waals surface area contributed by atoms with Gasteiger partial charge in [0.1, 0.15) is 11.9 Å². The van der Waals surface area contributed by atoms with Crippen LogP contribution in [0.4, 0.5) is 11.4 Å². The third kappa shape index (κ3) is 3.03. The van der Waals surface area contributed by atoms with Gasteiger partial charge in [0.05, 0.1) is 27.8 Å². The lowest BCUT2D eigenvalue weighted by molar-refractivity contribution is -0.384. The molecule has 1 N–H and O–H groups in total. The monoisotopic (exact) mass is 369 g/mol. The van der Waals surface area contributed by atoms with Crippen LogP contribution in [-0.4, -0.2) is 26.8 Å². The Labute approximate surface area is 135 Å². The lowest BCUT2D eigenvalue weighted by Crippen LogP contribution is -2.06. The number of methoxy groups -OCH3 is 1. The summed E-state index contributed by atoms with van der Waals surface area (Å²) in [7, 11) is 3.37. The van der Waals surface area contributed by atoms with Gasteiger partial charge in [-0.1, -0.05) is 6.92 Å². The number of aryl methyl sites for hydroxylation is 2. The second kappa shape index (κ2) is 6.73. The number of nitro groups is 1. The SMILES string of the molecule is CCc1nn(C)c(OC)c1CNc1c(Br)cncc1[N+](=O)[O-]. The van der Waals surface area contributed by atoms with Gasteiger partial charge in [0, 0.05) is 19.8 Å². The Kier molecular flexibility index (Phi) is 4.96. The van der Waals surface area contributed by atoms with Crippen LogP contribution < -0.4 is 10.1 Å². The third-order valence-corrected chi connectivity index (χ3v) is 3.82. The first kappa shape index (κ1) is 16.2. The molecule has 2 aromatic heterocycles. The van der Waals surface area contributed by atoms with Gasteiger partial charge in [0.25, 0.3) is 0 Å². The van der Waals surface area contributed by atoms with Crippen molar-refractivity contribution in [2.24, 2.45) is 7.05 Å². The molecule has 0 saturated carbocycles. The van der Waals surface area contributed by atoms with Gasteiger partial charge in [-0.3, -0.25) is 15.1 Å². The highest BCUT2D eigenvalue weighted by molar-refractivity contribution is 9.10. The normalized spacial score (nSPS) is 10.5. The van der Waals surface area contributed by atoms with Crippen LogP contribution in [0.3, 0.4) is 0 Å². The molecule has 0 fully saturated rings. The van der Waals surface area contributed by atoms with Gasteiger partial charge in [-0.2, -0.15) is 5.10 Å². The zero-order valence-electron chi connectivity index (χ0n) is 12.5. The van der Waals surface area contributed by atoms with Gasteiger partial charge in [-0.05, 0) is 22.4 Å². The average Bonchev–Trinajstić information content (AvgIpc) is 2.80. The van der Waals surface area contributed by atoms with Gasteiger partial charge < -0.3 is 10.1 Å². The second-order valence-corrected chi connectivity index (χ2v) is 5.39. The average molecular weight is 370 g/mol. The molecule has 0 saturated heterocycles. The molecule has 8 nitrogen and oxygen atoms in total. The van der Waals surface area contributed by atoms with Crippen LogP contribution in [0.1, 0.15) is 18.2 Å². The summed E-state index contributed by atoms with van der Waals surface area (Å²) in [5, 5.41) is 18.6. The highest BCUT2D eigenvalue weighted by Gasteiger charge is 2.20. The fourth-order valence-corrected chi connectivity index (χ4v) is 2.70. The predicted octanol–water partition coefficient (Wildman–Crippen LogP) is 2.67. The molecule has 0 aliphatic carbocycles. The molecule has 0 bridgehead atoms. The molecule has 118 valence electrons. The summed E-state index contributed by atoms with van der Waals surface area (Å²) < 4.78 is 7.55. The van der Waals surface area contributed by atoms with E-state index in [4.69, 9.17) is 4.74 Å². The van der Waals surface area contributed by atoms with E-state index >= 15 is 0 Å². The molecule has 0 radical (unpaired) electrons. The van der Waals surface area contributed by atoms with Gasteiger partial charge >= 0.3 is 5.69 Å². The first-order valence-corrected chi connectivity index (χ1v) is 7.39. The van der Waals surface area contributed by atoms with Crippen molar-refractivity contribution < 1.29 is 9.66 Å². The Morgan fingerprint density at radius 2 is 2.23 bits per heavy atom. The summed E-state index contributed by atoms with van der Waals surface area (Å²) in [6.07, 6.45) is 3.47. The van der Waals surface area contributed by atoms with Crippen molar-refractivity contribution >= 4 is 27.3 Å². The molecule has 2 rings (SSSR count). The highest BCUT2D eigenvalue weighted by Crippen LogP contribution is 2.32. The van der Waals surface area contributed by atoms with E-state index in [-0.39, 0.29) is 5.69 Å². The summed E-state index contributed by atoms with van der Waals surface area (Å²) in [4.78, 5) is 14.5. The number of halogens is 1. The van der Waals surface area contributed by atoms with E-state index in [1.807, 2.05) is 6.92 Å². The molecular weight excluding hydrogens is 354 g/mol. The Balaban J connectivity index is 2.34. The number of ether oxygens (including phenoxy) is 1. The standard InChI is InChI=1S/C13H16BrN5O3/c1-4-10-8(13(22-3)18(2)17-10)5-16-12-9(14)6-15-7-11(12)19(20)21/h6-7H,4-5H2,1-3H3,(H,15,16). The van der Waals surface area contributed by atoms with Crippen molar-refractivity contribution in [3.05, 3.63) is 38.2 Å². The fourth-order valence-electron chi connectivity index (χ4n) is 2.24. The maximum absolute atomic E-state index is 11.1. The predicted molar refractivity (Wildman–Crippen MR) is 85.1 cm³/mol. The minimum atomic E-state index is -0.471. The molecule has 0 atom stereocenters. The van der Waals surface area contributed by atoms with Crippen LogP contribution in [-0.2, 0) is 20.0 Å². The lowest BCUT2D eigenvalue weighted by atomic mass is 10.2. The van der Waals surface area contributed by atoms with Gasteiger partial charge in [0.2, 0.25) is 5.88 Å². The molecule has 0 spiro atoms. The van der Waals surface area contributed by atoms with E-state index in [2.05, 4.69) is 31.3 Å². The Morgan fingerprint density at radius 1 is 1.50 bits per heavy atom. The van der Waals surface area contributed by atoms with Gasteiger partial charge in [-0.15, -0.1) is 0 Å². The molecule has 0 aromatic carbocycles. The fraction of sp³-hybridized carbons (Fsp3) is 0.385. The van der Waals surface area contributed by atoms with Crippen LogP contribution in [0.2, 0.25) is 0 Å². The van der Waals surface area contributed by atoms with Gasteiger partial charge in [0.15, 0.2) is 0 Å². The number of pyridine rings is 1. The number of hydrogen-bond donors (Lipinski definition) is 1. The maximum Gasteiger partial charge on any atom is 0.311 e. The Morgan fingerprint density at radius 3 is 2.82 bits per heavy atom. The zero-order chi connectivity index (χ0) is 16.3.